The van der Waals surface area contributed by atoms with Crippen LogP contribution >= 0.6 is 0 Å². The molecule has 0 aliphatic heterocycles. The first-order chi connectivity index (χ1) is 17.3. The highest BCUT2D eigenvalue weighted by Crippen LogP contribution is 2.32. The van der Waals surface area contributed by atoms with Crippen LogP contribution in [0.5, 0.6) is 17.4 Å². The monoisotopic (exact) mass is 488 g/mol. The molecule has 0 bridgehead atoms. The molecule has 0 spiro atoms. The molecule has 0 amide bonds. The SMILES string of the molecule is O=c1c(-c2ccccc2)c([O-])[n+](Cc2ccccc2Oc2ccc(C(F)(F)F)cc2)c2ccccn12. The Balaban J connectivity index is 1.58. The molecule has 0 saturated carbocycles. The third-order valence-corrected chi connectivity index (χ3v) is 5.78. The van der Waals surface area contributed by atoms with Crippen LogP contribution in [0.25, 0.3) is 16.8 Å². The number of hydrogen-bond donors (Lipinski definition) is 0. The van der Waals surface area contributed by atoms with E-state index >= 15 is 0 Å². The maximum absolute atomic E-state index is 13.6. The van der Waals surface area contributed by atoms with Gasteiger partial charge in [0.05, 0.1) is 17.6 Å². The largest absolute Gasteiger partial charge is 0.842 e. The summed E-state index contributed by atoms with van der Waals surface area (Å²) in [6, 6.07) is 25.2. The van der Waals surface area contributed by atoms with E-state index in [1.807, 2.05) is 0 Å². The summed E-state index contributed by atoms with van der Waals surface area (Å²) in [5.74, 6) is 0.148. The Bertz CT molecular complexity index is 1600. The summed E-state index contributed by atoms with van der Waals surface area (Å²) in [6.45, 7) is 0.0727. The average Bonchev–Trinajstić information content (AvgIpc) is 2.88. The van der Waals surface area contributed by atoms with E-state index in [2.05, 4.69) is 0 Å². The van der Waals surface area contributed by atoms with E-state index < -0.39 is 23.2 Å². The summed E-state index contributed by atoms with van der Waals surface area (Å²) in [5, 5.41) is 13.6. The van der Waals surface area contributed by atoms with Gasteiger partial charge in [0.1, 0.15) is 23.6 Å². The topological polar surface area (TPSA) is 57.6 Å². The van der Waals surface area contributed by atoms with Crippen molar-refractivity contribution in [3.05, 3.63) is 125 Å². The number of benzene rings is 3. The predicted octanol–water partition coefficient (Wildman–Crippen LogP) is 5.19. The van der Waals surface area contributed by atoms with Crippen LogP contribution < -0.4 is 20.0 Å². The number of pyridine rings is 1. The lowest BCUT2D eigenvalue weighted by Gasteiger charge is -2.18. The number of halogens is 3. The van der Waals surface area contributed by atoms with Gasteiger partial charge in [-0.15, -0.1) is 0 Å². The maximum atomic E-state index is 13.6. The molecule has 0 atom stereocenters. The van der Waals surface area contributed by atoms with Gasteiger partial charge in [-0.25, -0.2) is 9.36 Å². The molecule has 36 heavy (non-hydrogen) atoms. The number of nitrogens with zero attached hydrogens (tertiary/aromatic N) is 2. The molecule has 5 rings (SSSR count). The number of aromatic nitrogens is 2. The van der Waals surface area contributed by atoms with Gasteiger partial charge in [-0.3, -0.25) is 0 Å². The Kier molecular flexibility index (Phi) is 5.93. The minimum absolute atomic E-state index is 0.0421. The van der Waals surface area contributed by atoms with Crippen molar-refractivity contribution in [1.82, 2.24) is 4.40 Å². The van der Waals surface area contributed by atoms with Crippen LogP contribution in [0.15, 0.2) is 108 Å². The van der Waals surface area contributed by atoms with Crippen LogP contribution in [0.1, 0.15) is 11.1 Å². The van der Waals surface area contributed by atoms with E-state index in [0.29, 0.717) is 22.5 Å². The summed E-state index contributed by atoms with van der Waals surface area (Å²) in [7, 11) is 0. The standard InChI is InChI=1S/C28H19F3N2O3/c29-28(30,31)21-13-15-22(16-14-21)36-23-11-5-4-10-20(23)18-33-24-12-6-7-17-32(24)26(34)25(27(33)35)19-8-2-1-3-9-19/h1-17H,18H2. The second-order valence-corrected chi connectivity index (χ2v) is 8.10. The first kappa shape index (κ1) is 23.2. The number of rotatable bonds is 5. The number of ether oxygens (including phenoxy) is 1. The lowest BCUT2D eigenvalue weighted by Crippen LogP contribution is -2.44. The minimum Gasteiger partial charge on any atom is -0.842 e. The van der Waals surface area contributed by atoms with Gasteiger partial charge in [-0.2, -0.15) is 17.6 Å². The number of alkyl halides is 3. The van der Waals surface area contributed by atoms with Crippen LogP contribution in [-0.4, -0.2) is 4.40 Å². The Labute approximate surface area is 203 Å². The Hall–Kier alpha value is -4.59. The molecule has 5 nitrogen and oxygen atoms in total. The molecule has 2 heterocycles. The fraction of sp³-hybridized carbons (Fsp3) is 0.0714. The summed E-state index contributed by atoms with van der Waals surface area (Å²) in [5.41, 5.74) is 0.366. The molecule has 0 aliphatic rings. The molecule has 3 aromatic carbocycles. The normalized spacial score (nSPS) is 11.5. The van der Waals surface area contributed by atoms with E-state index in [9.17, 15) is 23.1 Å². The van der Waals surface area contributed by atoms with Gasteiger partial charge in [0.2, 0.25) is 0 Å². The zero-order chi connectivity index (χ0) is 25.3. The predicted molar refractivity (Wildman–Crippen MR) is 126 cm³/mol. The second-order valence-electron chi connectivity index (χ2n) is 8.10. The molecular weight excluding hydrogens is 469 g/mol. The summed E-state index contributed by atoms with van der Waals surface area (Å²) < 4.78 is 47.5. The minimum atomic E-state index is -4.44. The zero-order valence-corrected chi connectivity index (χ0v) is 18.8. The fourth-order valence-electron chi connectivity index (χ4n) is 4.02. The molecule has 0 unspecified atom stereocenters. The van der Waals surface area contributed by atoms with Gasteiger partial charge in [0.25, 0.3) is 5.65 Å². The van der Waals surface area contributed by atoms with Gasteiger partial charge in [-0.05, 0) is 42.0 Å². The number of para-hydroxylation sites is 1. The third-order valence-electron chi connectivity index (χ3n) is 5.78. The van der Waals surface area contributed by atoms with Crippen LogP contribution in [0, 0.1) is 0 Å². The third kappa shape index (κ3) is 4.40. The summed E-state index contributed by atoms with van der Waals surface area (Å²) >= 11 is 0. The molecule has 2 aromatic heterocycles. The van der Waals surface area contributed by atoms with Crippen LogP contribution in [0.4, 0.5) is 13.2 Å². The van der Waals surface area contributed by atoms with Crippen LogP contribution in [0.3, 0.4) is 0 Å². The quantitative estimate of drug-likeness (QED) is 0.320. The zero-order valence-electron chi connectivity index (χ0n) is 18.8. The van der Waals surface area contributed by atoms with E-state index in [-0.39, 0.29) is 17.9 Å². The van der Waals surface area contributed by atoms with Crippen molar-refractivity contribution in [3.8, 4) is 28.5 Å². The lowest BCUT2D eigenvalue weighted by molar-refractivity contribution is -0.708. The van der Waals surface area contributed by atoms with Gasteiger partial charge in [0.15, 0.2) is 0 Å². The first-order valence-electron chi connectivity index (χ1n) is 11.1. The molecule has 0 radical (unpaired) electrons. The molecule has 0 aliphatic carbocycles. The maximum Gasteiger partial charge on any atom is 0.416 e. The van der Waals surface area contributed by atoms with E-state index in [1.54, 1.807) is 79.0 Å². The van der Waals surface area contributed by atoms with Crippen LogP contribution in [-0.2, 0) is 12.7 Å². The van der Waals surface area contributed by atoms with Gasteiger partial charge < -0.3 is 9.84 Å². The molecule has 0 N–H and O–H groups in total. The van der Waals surface area contributed by atoms with Crippen molar-refractivity contribution in [2.75, 3.05) is 0 Å². The van der Waals surface area contributed by atoms with Crippen molar-refractivity contribution in [2.45, 2.75) is 12.7 Å². The second kappa shape index (κ2) is 9.22. The molecule has 8 heteroatoms. The van der Waals surface area contributed by atoms with Gasteiger partial charge in [0, 0.05) is 11.6 Å². The highest BCUT2D eigenvalue weighted by Gasteiger charge is 2.30. The van der Waals surface area contributed by atoms with Crippen molar-refractivity contribution in [1.29, 1.82) is 0 Å². The van der Waals surface area contributed by atoms with Gasteiger partial charge in [-0.1, -0.05) is 54.6 Å². The molecule has 180 valence electrons. The number of fused-ring (bicyclic) bond motifs is 1. The van der Waals surface area contributed by atoms with Crippen molar-refractivity contribution in [2.24, 2.45) is 0 Å². The van der Waals surface area contributed by atoms with Crippen molar-refractivity contribution < 1.29 is 27.6 Å². The number of hydrogen-bond acceptors (Lipinski definition) is 3. The van der Waals surface area contributed by atoms with Crippen LogP contribution in [0.2, 0.25) is 0 Å². The van der Waals surface area contributed by atoms with Gasteiger partial charge >= 0.3 is 11.7 Å². The summed E-state index contributed by atoms with van der Waals surface area (Å²) in [4.78, 5) is 13.2. The fourth-order valence-corrected chi connectivity index (χ4v) is 4.02. The van der Waals surface area contributed by atoms with Crippen molar-refractivity contribution in [3.63, 3.8) is 0 Å². The Morgan fingerprint density at radius 1 is 0.833 bits per heavy atom. The molecule has 5 aromatic rings. The summed E-state index contributed by atoms with van der Waals surface area (Å²) in [6.07, 6.45) is -2.84. The lowest BCUT2D eigenvalue weighted by atomic mass is 10.1. The van der Waals surface area contributed by atoms with E-state index in [1.165, 1.54) is 21.1 Å². The Morgan fingerprint density at radius 2 is 1.50 bits per heavy atom. The van der Waals surface area contributed by atoms with E-state index in [0.717, 1.165) is 12.1 Å². The smallest absolute Gasteiger partial charge is 0.416 e. The molecule has 0 saturated heterocycles. The highest BCUT2D eigenvalue weighted by molar-refractivity contribution is 5.66. The average molecular weight is 488 g/mol. The molecule has 0 fully saturated rings. The van der Waals surface area contributed by atoms with E-state index in [4.69, 9.17) is 4.74 Å². The Morgan fingerprint density at radius 3 is 2.22 bits per heavy atom. The van der Waals surface area contributed by atoms with Crippen molar-refractivity contribution >= 4 is 5.65 Å². The molecular formula is C28H19F3N2O3. The highest BCUT2D eigenvalue weighted by atomic mass is 19.4. The first-order valence-corrected chi connectivity index (χ1v) is 11.1.